The third kappa shape index (κ3) is 5.14. The normalized spacial score (nSPS) is 15.8. The molecule has 1 fully saturated rings. The van der Waals surface area contributed by atoms with Crippen LogP contribution in [-0.2, 0) is 6.42 Å². The molecule has 3 aromatic carbocycles. The number of H-pyrrole nitrogens is 1. The Morgan fingerprint density at radius 2 is 1.83 bits per heavy atom. The number of nitrogens with one attached hydrogen (secondary N) is 2. The van der Waals surface area contributed by atoms with E-state index in [0.717, 1.165) is 48.0 Å². The molecule has 5 heteroatoms. The van der Waals surface area contributed by atoms with Gasteiger partial charge in [0, 0.05) is 53.8 Å². The summed E-state index contributed by atoms with van der Waals surface area (Å²) < 4.78 is 0. The van der Waals surface area contributed by atoms with Crippen LogP contribution >= 0.6 is 0 Å². The molecule has 1 aliphatic heterocycles. The number of rotatable bonds is 6. The quantitative estimate of drug-likeness (QED) is 0.397. The van der Waals surface area contributed by atoms with Crippen LogP contribution in [0.2, 0.25) is 0 Å². The first-order chi connectivity index (χ1) is 17.1. The van der Waals surface area contributed by atoms with Crippen molar-refractivity contribution in [2.24, 2.45) is 0 Å². The molecule has 2 N–H and O–H groups in total. The van der Waals surface area contributed by atoms with Gasteiger partial charge in [0.1, 0.15) is 0 Å². The topological polar surface area (TPSA) is 65.2 Å². The van der Waals surface area contributed by atoms with Crippen LogP contribution in [-0.4, -0.2) is 41.3 Å². The zero-order valence-corrected chi connectivity index (χ0v) is 20.1. The lowest BCUT2D eigenvalue weighted by molar-refractivity contribution is 0.0706. The molecule has 5 rings (SSSR count). The lowest BCUT2D eigenvalue weighted by atomic mass is 9.89. The largest absolute Gasteiger partial charge is 0.361 e. The van der Waals surface area contributed by atoms with Gasteiger partial charge in [-0.2, -0.15) is 0 Å². The maximum Gasteiger partial charge on any atom is 0.253 e. The summed E-state index contributed by atoms with van der Waals surface area (Å²) >= 11 is 0. The van der Waals surface area contributed by atoms with Gasteiger partial charge in [-0.05, 0) is 67.6 Å². The van der Waals surface area contributed by atoms with Gasteiger partial charge in [0.05, 0.1) is 0 Å². The third-order valence-electron chi connectivity index (χ3n) is 6.98. The minimum absolute atomic E-state index is 0.0601. The molecule has 1 aliphatic rings. The smallest absolute Gasteiger partial charge is 0.253 e. The van der Waals surface area contributed by atoms with Crippen molar-refractivity contribution < 1.29 is 9.59 Å². The molecule has 178 valence electrons. The molecule has 0 saturated carbocycles. The highest BCUT2D eigenvalue weighted by Crippen LogP contribution is 2.28. The lowest BCUT2D eigenvalue weighted by Crippen LogP contribution is -2.39. The van der Waals surface area contributed by atoms with Crippen LogP contribution in [0.25, 0.3) is 10.9 Å². The number of hydrogen-bond donors (Lipinski definition) is 2. The van der Waals surface area contributed by atoms with Gasteiger partial charge in [-0.15, -0.1) is 0 Å². The van der Waals surface area contributed by atoms with Crippen LogP contribution in [0.5, 0.6) is 0 Å². The van der Waals surface area contributed by atoms with E-state index in [0.29, 0.717) is 18.7 Å². The fourth-order valence-corrected chi connectivity index (χ4v) is 5.00. The highest BCUT2D eigenvalue weighted by atomic mass is 16.2. The molecule has 1 unspecified atom stereocenters. The number of nitrogens with zero attached hydrogens (tertiary/aromatic N) is 1. The molecule has 5 nitrogen and oxygen atoms in total. The van der Waals surface area contributed by atoms with Crippen molar-refractivity contribution in [3.63, 3.8) is 0 Å². The number of aromatic nitrogens is 1. The molecule has 2 heterocycles. The number of aromatic amines is 1. The van der Waals surface area contributed by atoms with Crippen LogP contribution in [0.1, 0.15) is 56.2 Å². The summed E-state index contributed by atoms with van der Waals surface area (Å²) in [5.41, 5.74) is 5.99. The van der Waals surface area contributed by atoms with Crippen molar-refractivity contribution in [3.8, 4) is 0 Å². The summed E-state index contributed by atoms with van der Waals surface area (Å²) in [6.45, 7) is 4.05. The summed E-state index contributed by atoms with van der Waals surface area (Å²) in [5.74, 6) is 0.257. The molecule has 0 spiro atoms. The van der Waals surface area contributed by atoms with E-state index < -0.39 is 0 Å². The zero-order chi connectivity index (χ0) is 24.2. The Labute approximate surface area is 206 Å². The van der Waals surface area contributed by atoms with Crippen LogP contribution in [0, 0.1) is 6.92 Å². The van der Waals surface area contributed by atoms with Gasteiger partial charge < -0.3 is 15.2 Å². The van der Waals surface area contributed by atoms with Crippen molar-refractivity contribution >= 4 is 22.7 Å². The van der Waals surface area contributed by atoms with Crippen LogP contribution < -0.4 is 5.32 Å². The molecule has 4 aromatic rings. The van der Waals surface area contributed by atoms with Crippen molar-refractivity contribution in [3.05, 3.63) is 107 Å². The Morgan fingerprint density at radius 1 is 1.00 bits per heavy atom. The second-order valence-corrected chi connectivity index (χ2v) is 9.45. The molecule has 1 saturated heterocycles. The molecule has 1 atom stereocenters. The van der Waals surface area contributed by atoms with Gasteiger partial charge in [-0.25, -0.2) is 0 Å². The minimum atomic E-state index is -0.0601. The van der Waals surface area contributed by atoms with Crippen molar-refractivity contribution in [1.29, 1.82) is 0 Å². The van der Waals surface area contributed by atoms with Crippen LogP contribution in [0.4, 0.5) is 0 Å². The standard InChI is InChI=1S/C30H31N3O2/c1-21-11-13-22(14-12-21)30(35)33-17-5-8-26(20-33)23-6-4-7-24(18-23)29(34)31-16-15-25-19-32-28-10-3-2-9-27(25)28/h2-4,6-7,9-14,18-19,26,32H,5,8,15-17,20H2,1H3,(H,31,34). The SMILES string of the molecule is Cc1ccc(C(=O)N2CCCC(c3cccc(C(=O)NCCc4c[nH]c5ccccc45)c3)C2)cc1. The monoisotopic (exact) mass is 465 g/mol. The first-order valence-electron chi connectivity index (χ1n) is 12.4. The number of fused-ring (bicyclic) bond motifs is 1. The Balaban J connectivity index is 1.21. The first-order valence-corrected chi connectivity index (χ1v) is 12.4. The predicted molar refractivity (Wildman–Crippen MR) is 140 cm³/mol. The Kier molecular flexibility index (Phi) is 6.66. The summed E-state index contributed by atoms with van der Waals surface area (Å²) in [6.07, 6.45) is 4.77. The highest BCUT2D eigenvalue weighted by Gasteiger charge is 2.26. The highest BCUT2D eigenvalue weighted by molar-refractivity contribution is 5.95. The summed E-state index contributed by atoms with van der Waals surface area (Å²) in [5, 5.41) is 4.27. The van der Waals surface area contributed by atoms with Crippen LogP contribution in [0.3, 0.4) is 0 Å². The molecule has 1 aromatic heterocycles. The van der Waals surface area contributed by atoms with E-state index in [1.165, 1.54) is 10.9 Å². The van der Waals surface area contributed by atoms with E-state index in [1.54, 1.807) is 0 Å². The van der Waals surface area contributed by atoms with E-state index in [2.05, 4.69) is 28.5 Å². The minimum Gasteiger partial charge on any atom is -0.361 e. The molecule has 0 bridgehead atoms. The number of amides is 2. The second-order valence-electron chi connectivity index (χ2n) is 9.45. The van der Waals surface area contributed by atoms with Crippen molar-refractivity contribution in [2.75, 3.05) is 19.6 Å². The fraction of sp³-hybridized carbons (Fsp3) is 0.267. The number of aryl methyl sites for hydroxylation is 1. The fourth-order valence-electron chi connectivity index (χ4n) is 5.00. The predicted octanol–water partition coefficient (Wildman–Crippen LogP) is 5.47. The van der Waals surface area contributed by atoms with Gasteiger partial charge in [-0.1, -0.05) is 48.0 Å². The van der Waals surface area contributed by atoms with Crippen LogP contribution in [0.15, 0.2) is 79.0 Å². The number of carbonyl (C=O) groups is 2. The molecule has 0 radical (unpaired) electrons. The van der Waals surface area contributed by atoms with Gasteiger partial charge in [0.2, 0.25) is 0 Å². The van der Waals surface area contributed by atoms with E-state index in [4.69, 9.17) is 0 Å². The van der Waals surface area contributed by atoms with E-state index in [1.807, 2.05) is 72.6 Å². The molecular formula is C30H31N3O2. The van der Waals surface area contributed by atoms with E-state index in [-0.39, 0.29) is 17.7 Å². The lowest BCUT2D eigenvalue weighted by Gasteiger charge is -2.33. The molecule has 0 aliphatic carbocycles. The van der Waals surface area contributed by atoms with Crippen molar-refractivity contribution in [2.45, 2.75) is 32.1 Å². The maximum absolute atomic E-state index is 13.0. The first kappa shape index (κ1) is 22.9. The summed E-state index contributed by atoms with van der Waals surface area (Å²) in [6, 6.07) is 23.9. The zero-order valence-electron chi connectivity index (χ0n) is 20.1. The van der Waals surface area contributed by atoms with E-state index in [9.17, 15) is 9.59 Å². The van der Waals surface area contributed by atoms with Crippen molar-refractivity contribution in [1.82, 2.24) is 15.2 Å². The second kappa shape index (κ2) is 10.2. The van der Waals surface area contributed by atoms with Gasteiger partial charge in [-0.3, -0.25) is 9.59 Å². The molecule has 2 amide bonds. The summed E-state index contributed by atoms with van der Waals surface area (Å²) in [7, 11) is 0. The number of para-hydroxylation sites is 1. The Bertz CT molecular complexity index is 1340. The van der Waals surface area contributed by atoms with Gasteiger partial charge in [0.25, 0.3) is 11.8 Å². The average Bonchev–Trinajstić information content (AvgIpc) is 3.32. The Morgan fingerprint density at radius 3 is 2.69 bits per heavy atom. The average molecular weight is 466 g/mol. The third-order valence-corrected chi connectivity index (χ3v) is 6.98. The number of likely N-dealkylation sites (tertiary alicyclic amines) is 1. The Hall–Kier alpha value is -3.86. The molecular weight excluding hydrogens is 434 g/mol. The summed E-state index contributed by atoms with van der Waals surface area (Å²) in [4.78, 5) is 31.1. The maximum atomic E-state index is 13.0. The van der Waals surface area contributed by atoms with Gasteiger partial charge >= 0.3 is 0 Å². The number of hydrogen-bond acceptors (Lipinski definition) is 2. The van der Waals surface area contributed by atoms with E-state index >= 15 is 0 Å². The van der Waals surface area contributed by atoms with Gasteiger partial charge in [0.15, 0.2) is 0 Å². The number of piperidine rings is 1. The number of benzene rings is 3. The molecule has 35 heavy (non-hydrogen) atoms. The number of carbonyl (C=O) groups excluding carboxylic acids is 2.